The van der Waals surface area contributed by atoms with Crippen molar-refractivity contribution in [1.82, 2.24) is 0 Å². The molecule has 0 aliphatic rings. The van der Waals surface area contributed by atoms with Gasteiger partial charge in [-0.2, -0.15) is 0 Å². The Kier molecular flexibility index (Phi) is 10.4. The predicted octanol–water partition coefficient (Wildman–Crippen LogP) is 8.79. The van der Waals surface area contributed by atoms with E-state index in [2.05, 4.69) is 66.9 Å². The molecule has 1 atom stereocenters. The van der Waals surface area contributed by atoms with Crippen molar-refractivity contribution in [3.8, 4) is 11.5 Å². The summed E-state index contributed by atoms with van der Waals surface area (Å²) < 4.78 is 0. The maximum absolute atomic E-state index is 13.3. The predicted molar refractivity (Wildman–Crippen MR) is 151 cm³/mol. The Balaban J connectivity index is 2.28. The normalized spacial score (nSPS) is 12.9. The molecule has 0 saturated heterocycles. The monoisotopic (exact) mass is 473 g/mol. The van der Waals surface area contributed by atoms with Crippen LogP contribution in [0.4, 0.5) is 11.4 Å². The van der Waals surface area contributed by atoms with E-state index in [0.717, 1.165) is 17.8 Å². The van der Waals surface area contributed by atoms with E-state index in [0.29, 0.717) is 22.5 Å². The van der Waals surface area contributed by atoms with Crippen LogP contribution in [0.2, 0.25) is 16.6 Å². The van der Waals surface area contributed by atoms with Crippen LogP contribution in [0.5, 0.6) is 0 Å². The zero-order valence-corrected chi connectivity index (χ0v) is 23.4. The van der Waals surface area contributed by atoms with Gasteiger partial charge in [0.25, 0.3) is 5.91 Å². The number of amides is 1. The van der Waals surface area contributed by atoms with Crippen molar-refractivity contribution in [3.05, 3.63) is 72.8 Å². The first-order valence-corrected chi connectivity index (χ1v) is 15.0. The maximum atomic E-state index is 13.3. The highest BCUT2D eigenvalue weighted by Gasteiger charge is 2.41. The third-order valence-corrected chi connectivity index (χ3v) is 13.4. The standard InChI is InChI=1S/C31H43NOSi/c1-24(2)28(22-23-34(25(3)4,26(5)6)27(7)8)16-15-21-31(33)32(29-17-11-9-12-18-29)30-19-13-10-14-20-30/h9-15,17-21,24-28H,16H2,1-8H3/b21-15+/t28-/m0/s1. The lowest BCUT2D eigenvalue weighted by molar-refractivity contribution is -0.113. The molecule has 3 heteroatoms. The van der Waals surface area contributed by atoms with Crippen LogP contribution in [-0.4, -0.2) is 14.0 Å². The zero-order valence-electron chi connectivity index (χ0n) is 22.4. The second kappa shape index (κ2) is 12.8. The molecule has 0 unspecified atom stereocenters. The van der Waals surface area contributed by atoms with Crippen molar-refractivity contribution in [2.24, 2.45) is 11.8 Å². The number of benzene rings is 2. The molecular formula is C31H43NOSi. The van der Waals surface area contributed by atoms with Gasteiger partial charge in [-0.3, -0.25) is 9.69 Å². The number of anilines is 2. The Morgan fingerprint density at radius 2 is 1.24 bits per heavy atom. The summed E-state index contributed by atoms with van der Waals surface area (Å²) in [5.74, 6) is 4.35. The van der Waals surface area contributed by atoms with E-state index in [-0.39, 0.29) is 11.8 Å². The first kappa shape index (κ1) is 27.7. The Morgan fingerprint density at radius 1 is 0.794 bits per heavy atom. The molecule has 0 heterocycles. The van der Waals surface area contributed by atoms with Gasteiger partial charge in [0.15, 0.2) is 0 Å². The highest BCUT2D eigenvalue weighted by atomic mass is 28.3. The number of allylic oxidation sites excluding steroid dienone is 1. The van der Waals surface area contributed by atoms with E-state index in [9.17, 15) is 4.79 Å². The van der Waals surface area contributed by atoms with Gasteiger partial charge in [-0.1, -0.05) is 97.9 Å². The van der Waals surface area contributed by atoms with Gasteiger partial charge >= 0.3 is 0 Å². The molecule has 2 nitrogen and oxygen atoms in total. The Hall–Kier alpha value is -2.57. The molecular weight excluding hydrogens is 430 g/mol. The zero-order chi connectivity index (χ0) is 25.3. The summed E-state index contributed by atoms with van der Waals surface area (Å²) in [4.78, 5) is 15.1. The van der Waals surface area contributed by atoms with Gasteiger partial charge in [0.1, 0.15) is 8.07 Å². The van der Waals surface area contributed by atoms with Gasteiger partial charge in [-0.05, 0) is 59.3 Å². The third kappa shape index (κ3) is 6.73. The Morgan fingerprint density at radius 3 is 1.62 bits per heavy atom. The fourth-order valence-corrected chi connectivity index (χ4v) is 10.4. The molecule has 2 rings (SSSR count). The average Bonchev–Trinajstić information content (AvgIpc) is 2.79. The summed E-state index contributed by atoms with van der Waals surface area (Å²) in [5.41, 5.74) is 7.48. The molecule has 0 fully saturated rings. The fraction of sp³-hybridized carbons (Fsp3) is 0.452. The summed E-state index contributed by atoms with van der Waals surface area (Å²) in [6.07, 6.45) is 4.52. The average molecular weight is 474 g/mol. The topological polar surface area (TPSA) is 20.3 Å². The lowest BCUT2D eigenvalue weighted by Crippen LogP contribution is -2.43. The van der Waals surface area contributed by atoms with E-state index >= 15 is 0 Å². The lowest BCUT2D eigenvalue weighted by Gasteiger charge is -2.38. The van der Waals surface area contributed by atoms with Gasteiger partial charge in [0.05, 0.1) is 0 Å². The highest BCUT2D eigenvalue weighted by molar-refractivity contribution is 6.90. The Bertz CT molecular complexity index is 919. The number of hydrogen-bond donors (Lipinski definition) is 0. The summed E-state index contributed by atoms with van der Waals surface area (Å²) in [7, 11) is -1.76. The minimum Gasteiger partial charge on any atom is -0.278 e. The summed E-state index contributed by atoms with van der Waals surface area (Å²) >= 11 is 0. The molecule has 0 saturated carbocycles. The van der Waals surface area contributed by atoms with Crippen LogP contribution < -0.4 is 4.90 Å². The third-order valence-electron chi connectivity index (χ3n) is 7.04. The first-order chi connectivity index (χ1) is 16.1. The van der Waals surface area contributed by atoms with E-state index in [1.54, 1.807) is 11.0 Å². The van der Waals surface area contributed by atoms with E-state index in [4.69, 9.17) is 0 Å². The number of para-hydroxylation sites is 2. The van der Waals surface area contributed by atoms with Crippen LogP contribution in [0.25, 0.3) is 0 Å². The van der Waals surface area contributed by atoms with Gasteiger partial charge in [-0.25, -0.2) is 0 Å². The van der Waals surface area contributed by atoms with Gasteiger partial charge in [0.2, 0.25) is 0 Å². The highest BCUT2D eigenvalue weighted by Crippen LogP contribution is 2.41. The van der Waals surface area contributed by atoms with E-state index in [1.165, 1.54) is 0 Å². The molecule has 34 heavy (non-hydrogen) atoms. The number of carbonyl (C=O) groups is 1. The lowest BCUT2D eigenvalue weighted by atomic mass is 9.93. The maximum Gasteiger partial charge on any atom is 0.255 e. The second-order valence-corrected chi connectivity index (χ2v) is 16.1. The largest absolute Gasteiger partial charge is 0.278 e. The molecule has 1 amide bonds. The SMILES string of the molecule is CC(C)[C@H](C#C[Si](C(C)C)(C(C)C)C(C)C)C/C=C/C(=O)N(c1ccccc1)c1ccccc1. The van der Waals surface area contributed by atoms with Crippen molar-refractivity contribution in [1.29, 1.82) is 0 Å². The number of hydrogen-bond acceptors (Lipinski definition) is 1. The van der Waals surface area contributed by atoms with Crippen molar-refractivity contribution in [2.45, 2.75) is 78.4 Å². The molecule has 0 aliphatic heterocycles. The van der Waals surface area contributed by atoms with Crippen molar-refractivity contribution in [2.75, 3.05) is 4.90 Å². The van der Waals surface area contributed by atoms with Crippen molar-refractivity contribution < 1.29 is 4.79 Å². The second-order valence-electron chi connectivity index (χ2n) is 10.5. The minimum absolute atomic E-state index is 0.0388. The van der Waals surface area contributed by atoms with Crippen LogP contribution in [0.15, 0.2) is 72.8 Å². The van der Waals surface area contributed by atoms with Crippen LogP contribution in [0.3, 0.4) is 0 Å². The summed E-state index contributed by atoms with van der Waals surface area (Å²) in [6, 6.07) is 19.6. The molecule has 2 aromatic carbocycles. The van der Waals surface area contributed by atoms with Gasteiger partial charge in [-0.15, -0.1) is 11.5 Å². The van der Waals surface area contributed by atoms with E-state index in [1.807, 2.05) is 66.7 Å². The number of carbonyl (C=O) groups excluding carboxylic acids is 1. The molecule has 0 aromatic heterocycles. The quantitative estimate of drug-likeness (QED) is 0.202. The first-order valence-electron chi connectivity index (χ1n) is 12.7. The van der Waals surface area contributed by atoms with Crippen LogP contribution >= 0.6 is 0 Å². The molecule has 0 radical (unpaired) electrons. The van der Waals surface area contributed by atoms with Crippen LogP contribution in [0, 0.1) is 23.3 Å². The van der Waals surface area contributed by atoms with Gasteiger partial charge in [0, 0.05) is 17.3 Å². The molecule has 0 bridgehead atoms. The van der Waals surface area contributed by atoms with Crippen LogP contribution in [-0.2, 0) is 4.79 Å². The van der Waals surface area contributed by atoms with Crippen molar-refractivity contribution >= 4 is 25.4 Å². The molecule has 182 valence electrons. The summed E-state index contributed by atoms with van der Waals surface area (Å²) in [6.45, 7) is 18.6. The minimum atomic E-state index is -1.76. The fourth-order valence-electron chi connectivity index (χ4n) is 5.10. The summed E-state index contributed by atoms with van der Waals surface area (Å²) in [5, 5.41) is 0. The van der Waals surface area contributed by atoms with E-state index < -0.39 is 8.07 Å². The van der Waals surface area contributed by atoms with Crippen molar-refractivity contribution in [3.63, 3.8) is 0 Å². The van der Waals surface area contributed by atoms with Gasteiger partial charge < -0.3 is 0 Å². The smallest absolute Gasteiger partial charge is 0.255 e. The number of rotatable bonds is 9. The molecule has 0 N–H and O–H groups in total. The molecule has 0 spiro atoms. The molecule has 0 aliphatic carbocycles. The van der Waals surface area contributed by atoms with Crippen LogP contribution in [0.1, 0.15) is 61.8 Å². The number of nitrogens with zero attached hydrogens (tertiary/aromatic N) is 1. The molecule has 2 aromatic rings. The Labute approximate surface area is 209 Å².